The number of nitrogens with zero attached hydrogens (tertiary/aromatic N) is 1. The fourth-order valence-corrected chi connectivity index (χ4v) is 1.68. The number of pyridine rings is 1. The molecule has 0 aliphatic rings. The van der Waals surface area contributed by atoms with Gasteiger partial charge in [0.15, 0.2) is 5.69 Å². The van der Waals surface area contributed by atoms with E-state index >= 15 is 0 Å². The predicted molar refractivity (Wildman–Crippen MR) is 65.0 cm³/mol. The maximum Gasteiger partial charge on any atom is 0.358 e. The second kappa shape index (κ2) is 4.54. The quantitative estimate of drug-likeness (QED) is 0.776. The number of carbonyl (C=O) groups is 1. The molecule has 0 fully saturated rings. The van der Waals surface area contributed by atoms with Crippen molar-refractivity contribution in [3.05, 3.63) is 41.2 Å². The normalized spacial score (nSPS) is 10.3. The number of carboxylic acids is 1. The van der Waals surface area contributed by atoms with E-state index in [-0.39, 0.29) is 5.75 Å². The summed E-state index contributed by atoms with van der Waals surface area (Å²) in [5.74, 6) is -1.84. The highest BCUT2D eigenvalue weighted by Crippen LogP contribution is 2.33. The van der Waals surface area contributed by atoms with E-state index in [1.165, 1.54) is 30.5 Å². The van der Waals surface area contributed by atoms with Crippen LogP contribution in [0.1, 0.15) is 10.5 Å². The van der Waals surface area contributed by atoms with Gasteiger partial charge in [-0.2, -0.15) is 0 Å². The Labute approximate surface area is 107 Å². The van der Waals surface area contributed by atoms with E-state index in [9.17, 15) is 15.0 Å². The molecule has 1 aromatic heterocycles. The average molecular weight is 266 g/mol. The highest BCUT2D eigenvalue weighted by atomic mass is 35.5. The molecule has 2 aromatic rings. The van der Waals surface area contributed by atoms with Crippen molar-refractivity contribution in [3.8, 4) is 22.6 Å². The molecule has 0 amide bonds. The molecule has 0 saturated heterocycles. The van der Waals surface area contributed by atoms with Crippen LogP contribution in [-0.4, -0.2) is 26.3 Å². The van der Waals surface area contributed by atoms with E-state index in [1.54, 1.807) is 0 Å². The number of rotatable bonds is 2. The van der Waals surface area contributed by atoms with Gasteiger partial charge in [0.1, 0.15) is 11.5 Å². The average Bonchev–Trinajstić information content (AvgIpc) is 2.31. The number of hydrogen-bond donors (Lipinski definition) is 3. The molecule has 0 bridgehead atoms. The lowest BCUT2D eigenvalue weighted by Gasteiger charge is -2.06. The van der Waals surface area contributed by atoms with Crippen LogP contribution in [0.4, 0.5) is 0 Å². The molecule has 2 rings (SSSR count). The van der Waals surface area contributed by atoms with Crippen molar-refractivity contribution < 1.29 is 20.1 Å². The Morgan fingerprint density at radius 1 is 1.17 bits per heavy atom. The predicted octanol–water partition coefficient (Wildman–Crippen LogP) is 2.51. The number of phenols is 1. The van der Waals surface area contributed by atoms with E-state index < -0.39 is 17.4 Å². The number of aromatic carboxylic acids is 1. The Balaban J connectivity index is 2.55. The molecule has 0 aliphatic heterocycles. The van der Waals surface area contributed by atoms with Gasteiger partial charge in [-0.1, -0.05) is 11.6 Å². The zero-order chi connectivity index (χ0) is 13.3. The third-order valence-electron chi connectivity index (χ3n) is 2.34. The largest absolute Gasteiger partial charge is 0.507 e. The standard InChI is InChI=1S/C12H8ClNO4/c13-7-1-2-9(15)8(4-7)6-3-10(16)11(12(17)18)14-5-6/h1-5,15-16H,(H,17,18). The number of hydrogen-bond acceptors (Lipinski definition) is 4. The van der Waals surface area contributed by atoms with E-state index in [4.69, 9.17) is 16.7 Å². The van der Waals surface area contributed by atoms with Gasteiger partial charge in [-0.3, -0.25) is 0 Å². The van der Waals surface area contributed by atoms with Crippen LogP contribution in [0, 0.1) is 0 Å². The summed E-state index contributed by atoms with van der Waals surface area (Å²) in [6.07, 6.45) is 1.24. The van der Waals surface area contributed by atoms with Crippen LogP contribution in [0.2, 0.25) is 5.02 Å². The minimum absolute atomic E-state index is 0.0383. The number of carboxylic acid groups (broad SMARTS) is 1. The summed E-state index contributed by atoms with van der Waals surface area (Å²) in [5.41, 5.74) is 0.292. The zero-order valence-corrected chi connectivity index (χ0v) is 9.72. The zero-order valence-electron chi connectivity index (χ0n) is 8.96. The molecule has 6 heteroatoms. The van der Waals surface area contributed by atoms with Gasteiger partial charge in [-0.05, 0) is 24.3 Å². The lowest BCUT2D eigenvalue weighted by atomic mass is 10.1. The molecular weight excluding hydrogens is 258 g/mol. The fourth-order valence-electron chi connectivity index (χ4n) is 1.50. The molecular formula is C12H8ClNO4. The Bertz CT molecular complexity index is 627. The number of phenolic OH excluding ortho intramolecular Hbond substituents is 1. The van der Waals surface area contributed by atoms with E-state index in [2.05, 4.69) is 4.98 Å². The second-order valence-corrected chi connectivity index (χ2v) is 3.99. The molecule has 18 heavy (non-hydrogen) atoms. The van der Waals surface area contributed by atoms with Crippen molar-refractivity contribution >= 4 is 17.6 Å². The third kappa shape index (κ3) is 2.21. The first-order chi connectivity index (χ1) is 8.49. The first-order valence-corrected chi connectivity index (χ1v) is 5.28. The van der Waals surface area contributed by atoms with Crippen LogP contribution in [0.5, 0.6) is 11.5 Å². The summed E-state index contributed by atoms with van der Waals surface area (Å²) in [6.45, 7) is 0. The molecule has 0 radical (unpaired) electrons. The van der Waals surface area contributed by atoms with Crippen molar-refractivity contribution in [2.24, 2.45) is 0 Å². The summed E-state index contributed by atoms with van der Waals surface area (Å²) in [6, 6.07) is 5.62. The van der Waals surface area contributed by atoms with Gasteiger partial charge in [0.25, 0.3) is 0 Å². The Hall–Kier alpha value is -2.27. The first kappa shape index (κ1) is 12.2. The van der Waals surface area contributed by atoms with Gasteiger partial charge < -0.3 is 15.3 Å². The highest BCUT2D eigenvalue weighted by Gasteiger charge is 2.14. The summed E-state index contributed by atoms with van der Waals surface area (Å²) in [7, 11) is 0. The van der Waals surface area contributed by atoms with Crippen LogP contribution in [0.25, 0.3) is 11.1 Å². The van der Waals surface area contributed by atoms with E-state index in [0.717, 1.165) is 0 Å². The maximum atomic E-state index is 10.7. The SMILES string of the molecule is O=C(O)c1ncc(-c2cc(Cl)ccc2O)cc1O. The van der Waals surface area contributed by atoms with Gasteiger partial charge >= 0.3 is 5.97 Å². The van der Waals surface area contributed by atoms with Crippen LogP contribution < -0.4 is 0 Å². The Morgan fingerprint density at radius 2 is 1.89 bits per heavy atom. The summed E-state index contributed by atoms with van der Waals surface area (Å²) >= 11 is 5.80. The van der Waals surface area contributed by atoms with Crippen LogP contribution >= 0.6 is 11.6 Å². The summed E-state index contributed by atoms with van der Waals surface area (Å²) in [4.78, 5) is 14.3. The fraction of sp³-hybridized carbons (Fsp3) is 0. The van der Waals surface area contributed by atoms with Gasteiger partial charge in [-0.15, -0.1) is 0 Å². The minimum Gasteiger partial charge on any atom is -0.507 e. The number of aromatic nitrogens is 1. The van der Waals surface area contributed by atoms with Gasteiger partial charge in [-0.25, -0.2) is 9.78 Å². The molecule has 3 N–H and O–H groups in total. The van der Waals surface area contributed by atoms with Crippen molar-refractivity contribution in [2.75, 3.05) is 0 Å². The van der Waals surface area contributed by atoms with Crippen LogP contribution in [0.15, 0.2) is 30.5 Å². The molecule has 0 saturated carbocycles. The lowest BCUT2D eigenvalue weighted by Crippen LogP contribution is -2.00. The maximum absolute atomic E-state index is 10.7. The molecule has 1 heterocycles. The van der Waals surface area contributed by atoms with Crippen molar-refractivity contribution in [1.82, 2.24) is 4.98 Å². The highest BCUT2D eigenvalue weighted by molar-refractivity contribution is 6.31. The molecule has 0 atom stereocenters. The number of halogens is 1. The van der Waals surface area contributed by atoms with Crippen molar-refractivity contribution in [3.63, 3.8) is 0 Å². The summed E-state index contributed by atoms with van der Waals surface area (Å²) in [5, 5.41) is 28.3. The van der Waals surface area contributed by atoms with Crippen molar-refractivity contribution in [2.45, 2.75) is 0 Å². The molecule has 1 aromatic carbocycles. The van der Waals surface area contributed by atoms with Gasteiger partial charge in [0.05, 0.1) is 0 Å². The Kier molecular flexibility index (Phi) is 3.08. The van der Waals surface area contributed by atoms with Crippen LogP contribution in [-0.2, 0) is 0 Å². The van der Waals surface area contributed by atoms with E-state index in [1.807, 2.05) is 0 Å². The monoisotopic (exact) mass is 265 g/mol. The molecule has 0 spiro atoms. The minimum atomic E-state index is -1.32. The third-order valence-corrected chi connectivity index (χ3v) is 2.57. The van der Waals surface area contributed by atoms with Gasteiger partial charge in [0.2, 0.25) is 0 Å². The summed E-state index contributed by atoms with van der Waals surface area (Å²) < 4.78 is 0. The molecule has 5 nitrogen and oxygen atoms in total. The smallest absolute Gasteiger partial charge is 0.358 e. The van der Waals surface area contributed by atoms with Gasteiger partial charge in [0, 0.05) is 22.3 Å². The second-order valence-electron chi connectivity index (χ2n) is 3.56. The Morgan fingerprint density at radius 3 is 2.50 bits per heavy atom. The topological polar surface area (TPSA) is 90.7 Å². The van der Waals surface area contributed by atoms with Crippen molar-refractivity contribution in [1.29, 1.82) is 0 Å². The first-order valence-electron chi connectivity index (χ1n) is 4.90. The van der Waals surface area contributed by atoms with Crippen LogP contribution in [0.3, 0.4) is 0 Å². The number of aromatic hydroxyl groups is 2. The lowest BCUT2D eigenvalue weighted by molar-refractivity contribution is 0.0687. The van der Waals surface area contributed by atoms with E-state index in [0.29, 0.717) is 16.1 Å². The molecule has 0 unspecified atom stereocenters. The molecule has 0 aliphatic carbocycles. The molecule has 92 valence electrons. The number of benzene rings is 1.